The lowest BCUT2D eigenvalue weighted by Gasteiger charge is -2.29. The molecule has 1 amide bonds. The smallest absolute Gasteiger partial charge is 0.308 e. The van der Waals surface area contributed by atoms with Crippen LogP contribution in [0.5, 0.6) is 5.75 Å². The summed E-state index contributed by atoms with van der Waals surface area (Å²) in [6, 6.07) is 11.6. The van der Waals surface area contributed by atoms with E-state index in [1.54, 1.807) is 24.3 Å². The zero-order valence-corrected chi connectivity index (χ0v) is 18.1. The molecule has 0 aromatic heterocycles. The van der Waals surface area contributed by atoms with Crippen LogP contribution >= 0.6 is 11.6 Å². The molecule has 1 heterocycles. The van der Waals surface area contributed by atoms with Crippen LogP contribution in [-0.2, 0) is 26.2 Å². The molecule has 1 atom stereocenters. The van der Waals surface area contributed by atoms with Gasteiger partial charge in [0.25, 0.3) is 0 Å². The Kier molecular flexibility index (Phi) is 7.12. The van der Waals surface area contributed by atoms with Crippen molar-refractivity contribution < 1.29 is 22.7 Å². The van der Waals surface area contributed by atoms with Gasteiger partial charge in [-0.15, -0.1) is 0 Å². The van der Waals surface area contributed by atoms with Gasteiger partial charge in [0.15, 0.2) is 0 Å². The molecule has 9 heteroatoms. The summed E-state index contributed by atoms with van der Waals surface area (Å²) < 4.78 is 33.2. The van der Waals surface area contributed by atoms with Crippen molar-refractivity contribution >= 4 is 33.5 Å². The van der Waals surface area contributed by atoms with Crippen LogP contribution in [0.4, 0.5) is 0 Å². The average Bonchev–Trinajstić information content (AvgIpc) is 2.91. The van der Waals surface area contributed by atoms with Gasteiger partial charge in [0, 0.05) is 25.0 Å². The zero-order valence-electron chi connectivity index (χ0n) is 16.5. The Balaban J connectivity index is 1.95. The molecule has 1 aliphatic rings. The second-order valence-corrected chi connectivity index (χ2v) is 9.37. The van der Waals surface area contributed by atoms with Gasteiger partial charge >= 0.3 is 5.97 Å². The van der Waals surface area contributed by atoms with Crippen LogP contribution < -0.4 is 10.1 Å². The minimum atomic E-state index is -3.97. The van der Waals surface area contributed by atoms with Gasteiger partial charge < -0.3 is 10.1 Å². The highest BCUT2D eigenvalue weighted by atomic mass is 35.5. The third kappa shape index (κ3) is 5.38. The third-order valence-corrected chi connectivity index (χ3v) is 6.92. The highest BCUT2D eigenvalue weighted by Crippen LogP contribution is 2.26. The Hall–Kier alpha value is -2.42. The van der Waals surface area contributed by atoms with Crippen LogP contribution in [0.3, 0.4) is 0 Å². The van der Waals surface area contributed by atoms with Gasteiger partial charge in [-0.05, 0) is 61.2 Å². The predicted molar refractivity (Wildman–Crippen MR) is 113 cm³/mol. The minimum Gasteiger partial charge on any atom is -0.427 e. The molecule has 0 spiro atoms. The van der Waals surface area contributed by atoms with E-state index in [0.29, 0.717) is 29.3 Å². The maximum Gasteiger partial charge on any atom is 0.308 e. The largest absolute Gasteiger partial charge is 0.427 e. The fourth-order valence-electron chi connectivity index (χ4n) is 3.31. The molecule has 1 saturated heterocycles. The van der Waals surface area contributed by atoms with Crippen molar-refractivity contribution in [2.24, 2.45) is 0 Å². The van der Waals surface area contributed by atoms with Gasteiger partial charge in [0.2, 0.25) is 15.9 Å². The van der Waals surface area contributed by atoms with Crippen LogP contribution in [-0.4, -0.2) is 37.2 Å². The summed E-state index contributed by atoms with van der Waals surface area (Å²) in [5, 5.41) is 3.23. The SMILES string of the molecule is CC(=O)Oc1ccc(CN([C@@H]2CCCCNC2=O)S(=O)(=O)c2ccc(Cl)cc2)cc1. The standard InChI is InChI=1S/C21H23ClN2O5S/c1-15(25)29-18-9-5-16(6-10-18)14-24(20-4-2-3-13-23-21(20)26)30(27,28)19-11-7-17(22)8-12-19/h5-12,20H,2-4,13-14H2,1H3,(H,23,26)/t20-/m1/s1. The molecule has 1 fully saturated rings. The monoisotopic (exact) mass is 450 g/mol. The number of rotatable bonds is 6. The summed E-state index contributed by atoms with van der Waals surface area (Å²) in [5.74, 6) is -0.378. The Morgan fingerprint density at radius 1 is 1.13 bits per heavy atom. The predicted octanol–water partition coefficient (Wildman–Crippen LogP) is 3.12. The molecule has 30 heavy (non-hydrogen) atoms. The summed E-state index contributed by atoms with van der Waals surface area (Å²) in [6.45, 7) is 1.84. The normalized spacial score (nSPS) is 17.3. The van der Waals surface area contributed by atoms with Crippen LogP contribution in [0.1, 0.15) is 31.7 Å². The molecule has 0 aliphatic carbocycles. The van der Waals surface area contributed by atoms with E-state index in [1.807, 2.05) is 0 Å². The molecule has 2 aromatic carbocycles. The summed E-state index contributed by atoms with van der Waals surface area (Å²) in [4.78, 5) is 23.8. The quantitative estimate of drug-likeness (QED) is 0.539. The van der Waals surface area contributed by atoms with Crippen molar-refractivity contribution in [2.75, 3.05) is 6.54 Å². The lowest BCUT2D eigenvalue weighted by atomic mass is 10.1. The van der Waals surface area contributed by atoms with Crippen LogP contribution in [0, 0.1) is 0 Å². The molecular weight excluding hydrogens is 428 g/mol. The maximum absolute atomic E-state index is 13.5. The first-order chi connectivity index (χ1) is 14.3. The summed E-state index contributed by atoms with van der Waals surface area (Å²) in [7, 11) is -3.97. The van der Waals surface area contributed by atoms with Crippen molar-refractivity contribution in [3.05, 3.63) is 59.1 Å². The molecule has 0 radical (unpaired) electrons. The first-order valence-corrected chi connectivity index (χ1v) is 11.4. The Bertz CT molecular complexity index is 1010. The molecule has 2 aromatic rings. The lowest BCUT2D eigenvalue weighted by molar-refractivity contribution is -0.132. The van der Waals surface area contributed by atoms with E-state index in [1.165, 1.54) is 35.5 Å². The van der Waals surface area contributed by atoms with Gasteiger partial charge in [-0.1, -0.05) is 23.7 Å². The number of esters is 1. The second kappa shape index (κ2) is 9.59. The minimum absolute atomic E-state index is 0.00337. The van der Waals surface area contributed by atoms with Gasteiger partial charge in [-0.2, -0.15) is 4.31 Å². The van der Waals surface area contributed by atoms with Gasteiger partial charge in [-0.25, -0.2) is 8.42 Å². The fraction of sp³-hybridized carbons (Fsp3) is 0.333. The summed E-state index contributed by atoms with van der Waals surface area (Å²) in [5.41, 5.74) is 0.667. The molecular formula is C21H23ClN2O5S. The zero-order chi connectivity index (χ0) is 21.7. The average molecular weight is 451 g/mol. The number of carbonyl (C=O) groups is 2. The summed E-state index contributed by atoms with van der Waals surface area (Å²) >= 11 is 5.91. The van der Waals surface area contributed by atoms with E-state index in [9.17, 15) is 18.0 Å². The molecule has 160 valence electrons. The number of nitrogens with zero attached hydrogens (tertiary/aromatic N) is 1. The third-order valence-electron chi connectivity index (χ3n) is 4.80. The summed E-state index contributed by atoms with van der Waals surface area (Å²) in [6.07, 6.45) is 1.97. The van der Waals surface area contributed by atoms with Crippen LogP contribution in [0.2, 0.25) is 5.02 Å². The fourth-order valence-corrected chi connectivity index (χ4v) is 5.04. The van der Waals surface area contributed by atoms with Gasteiger partial charge in [-0.3, -0.25) is 9.59 Å². The second-order valence-electron chi connectivity index (χ2n) is 7.04. The Morgan fingerprint density at radius 2 is 1.80 bits per heavy atom. The first kappa shape index (κ1) is 22.3. The molecule has 7 nitrogen and oxygen atoms in total. The molecule has 1 N–H and O–H groups in total. The number of halogens is 1. The van der Waals surface area contributed by atoms with Gasteiger partial charge in [0.1, 0.15) is 11.8 Å². The van der Waals surface area contributed by atoms with E-state index in [-0.39, 0.29) is 17.3 Å². The first-order valence-electron chi connectivity index (χ1n) is 9.60. The van der Waals surface area contributed by atoms with Crippen molar-refractivity contribution in [2.45, 2.75) is 43.7 Å². The van der Waals surface area contributed by atoms with Crippen LogP contribution in [0.25, 0.3) is 0 Å². The van der Waals surface area contributed by atoms with E-state index >= 15 is 0 Å². The van der Waals surface area contributed by atoms with Crippen molar-refractivity contribution in [3.8, 4) is 5.75 Å². The number of hydrogen-bond acceptors (Lipinski definition) is 5. The number of hydrogen-bond donors (Lipinski definition) is 1. The van der Waals surface area contributed by atoms with E-state index in [4.69, 9.17) is 16.3 Å². The van der Waals surface area contributed by atoms with E-state index < -0.39 is 22.0 Å². The van der Waals surface area contributed by atoms with Crippen molar-refractivity contribution in [3.63, 3.8) is 0 Å². The molecule has 1 aliphatic heterocycles. The Morgan fingerprint density at radius 3 is 2.43 bits per heavy atom. The number of carbonyl (C=O) groups excluding carboxylic acids is 2. The van der Waals surface area contributed by atoms with Crippen molar-refractivity contribution in [1.29, 1.82) is 0 Å². The van der Waals surface area contributed by atoms with Gasteiger partial charge in [0.05, 0.1) is 4.90 Å². The molecule has 0 unspecified atom stereocenters. The topological polar surface area (TPSA) is 92.8 Å². The van der Waals surface area contributed by atoms with E-state index in [2.05, 4.69) is 5.32 Å². The maximum atomic E-state index is 13.5. The van der Waals surface area contributed by atoms with Crippen molar-refractivity contribution in [1.82, 2.24) is 9.62 Å². The van der Waals surface area contributed by atoms with E-state index in [0.717, 1.165) is 12.8 Å². The molecule has 0 saturated carbocycles. The number of benzene rings is 2. The number of amides is 1. The number of nitrogens with one attached hydrogen (secondary N) is 1. The highest BCUT2D eigenvalue weighted by Gasteiger charge is 2.36. The molecule has 0 bridgehead atoms. The number of ether oxygens (including phenoxy) is 1. The number of sulfonamides is 1. The Labute approximate surface area is 181 Å². The highest BCUT2D eigenvalue weighted by molar-refractivity contribution is 7.89. The van der Waals surface area contributed by atoms with Crippen LogP contribution in [0.15, 0.2) is 53.4 Å². The molecule has 3 rings (SSSR count). The lowest BCUT2D eigenvalue weighted by Crippen LogP contribution is -2.48.